The maximum Gasteiger partial charge on any atom is 0.253 e. The summed E-state index contributed by atoms with van der Waals surface area (Å²) in [5, 5.41) is 2.99. The Balaban J connectivity index is 1.67. The molecule has 0 aromatic heterocycles. The van der Waals surface area contributed by atoms with Crippen LogP contribution in [0.2, 0.25) is 0 Å². The second kappa shape index (κ2) is 4.94. The third-order valence-electron chi connectivity index (χ3n) is 3.82. The molecule has 2 aliphatic rings. The summed E-state index contributed by atoms with van der Waals surface area (Å²) in [5.74, 6) is -0.0414. The number of carbonyl (C=O) groups is 1. The molecule has 1 saturated heterocycles. The van der Waals surface area contributed by atoms with E-state index in [4.69, 9.17) is 9.47 Å². The van der Waals surface area contributed by atoms with Crippen LogP contribution in [0, 0.1) is 5.41 Å². The van der Waals surface area contributed by atoms with Gasteiger partial charge in [0.05, 0.1) is 19.8 Å². The predicted octanol–water partition coefficient (Wildman–Crippen LogP) is 1.45. The van der Waals surface area contributed by atoms with E-state index >= 15 is 0 Å². The molecule has 4 nitrogen and oxygen atoms in total. The summed E-state index contributed by atoms with van der Waals surface area (Å²) in [4.78, 5) is 12.3. The normalized spacial score (nSPS) is 24.2. The summed E-state index contributed by atoms with van der Waals surface area (Å²) in [6.45, 7) is 4.81. The number of amides is 1. The summed E-state index contributed by atoms with van der Waals surface area (Å²) < 4.78 is 10.8. The molecule has 0 radical (unpaired) electrons. The summed E-state index contributed by atoms with van der Waals surface area (Å²) in [6, 6.07) is 8.01. The van der Waals surface area contributed by atoms with E-state index in [-0.39, 0.29) is 11.3 Å². The number of hydrogen-bond donors (Lipinski definition) is 1. The van der Waals surface area contributed by atoms with Crippen LogP contribution >= 0.6 is 0 Å². The number of benzene rings is 1. The van der Waals surface area contributed by atoms with E-state index in [9.17, 15) is 4.79 Å². The molecule has 0 bridgehead atoms. The first-order valence-electron chi connectivity index (χ1n) is 6.73. The molecule has 3 rings (SSSR count). The fourth-order valence-corrected chi connectivity index (χ4v) is 2.56. The van der Waals surface area contributed by atoms with Gasteiger partial charge >= 0.3 is 0 Å². The van der Waals surface area contributed by atoms with Crippen molar-refractivity contribution in [1.29, 1.82) is 0 Å². The standard InChI is InChI=1S/C15H19NO3/c1-15(9-18-10-15)8-16-14(17)13-12-5-3-2-4-11(12)6-7-19-13/h2-5,13H,6-10H2,1H3,(H,16,17). The Morgan fingerprint density at radius 3 is 2.95 bits per heavy atom. The molecule has 0 spiro atoms. The van der Waals surface area contributed by atoms with Crippen molar-refractivity contribution in [3.8, 4) is 0 Å². The molecule has 0 aliphatic carbocycles. The molecular weight excluding hydrogens is 242 g/mol. The molecule has 0 saturated carbocycles. The van der Waals surface area contributed by atoms with E-state index < -0.39 is 6.10 Å². The first kappa shape index (κ1) is 12.6. The zero-order valence-corrected chi connectivity index (χ0v) is 11.1. The molecule has 1 N–H and O–H groups in total. The third-order valence-corrected chi connectivity index (χ3v) is 3.82. The average Bonchev–Trinajstić information content (AvgIpc) is 2.42. The number of ether oxygens (including phenoxy) is 2. The van der Waals surface area contributed by atoms with Crippen molar-refractivity contribution < 1.29 is 14.3 Å². The van der Waals surface area contributed by atoms with Crippen molar-refractivity contribution >= 4 is 5.91 Å². The van der Waals surface area contributed by atoms with E-state index in [2.05, 4.69) is 18.3 Å². The smallest absolute Gasteiger partial charge is 0.253 e. The molecule has 1 atom stereocenters. The second-order valence-electron chi connectivity index (χ2n) is 5.72. The average molecular weight is 261 g/mol. The van der Waals surface area contributed by atoms with Crippen LogP contribution in [0.4, 0.5) is 0 Å². The lowest BCUT2D eigenvalue weighted by molar-refractivity contribution is -0.138. The molecule has 1 amide bonds. The molecule has 2 heterocycles. The zero-order valence-electron chi connectivity index (χ0n) is 11.1. The van der Waals surface area contributed by atoms with Crippen molar-refractivity contribution in [2.45, 2.75) is 19.4 Å². The van der Waals surface area contributed by atoms with Gasteiger partial charge in [0.15, 0.2) is 6.10 Å². The van der Waals surface area contributed by atoms with Gasteiger partial charge in [0.2, 0.25) is 0 Å². The number of rotatable bonds is 3. The van der Waals surface area contributed by atoms with Crippen molar-refractivity contribution in [2.75, 3.05) is 26.4 Å². The van der Waals surface area contributed by atoms with Crippen molar-refractivity contribution in [1.82, 2.24) is 5.32 Å². The fourth-order valence-electron chi connectivity index (χ4n) is 2.56. The van der Waals surface area contributed by atoms with Crippen LogP contribution in [0.1, 0.15) is 24.2 Å². The lowest BCUT2D eigenvalue weighted by Crippen LogP contribution is -2.49. The van der Waals surface area contributed by atoms with Crippen molar-refractivity contribution in [2.24, 2.45) is 5.41 Å². The quantitative estimate of drug-likeness (QED) is 0.896. The van der Waals surface area contributed by atoms with E-state index in [1.54, 1.807) is 0 Å². The summed E-state index contributed by atoms with van der Waals surface area (Å²) in [7, 11) is 0. The highest BCUT2D eigenvalue weighted by Crippen LogP contribution is 2.28. The number of carbonyl (C=O) groups excluding carboxylic acids is 1. The molecule has 19 heavy (non-hydrogen) atoms. The minimum Gasteiger partial charge on any atom is -0.380 e. The first-order chi connectivity index (χ1) is 9.18. The first-order valence-corrected chi connectivity index (χ1v) is 6.73. The maximum atomic E-state index is 12.3. The van der Waals surface area contributed by atoms with Crippen LogP contribution in [-0.2, 0) is 20.7 Å². The second-order valence-corrected chi connectivity index (χ2v) is 5.72. The van der Waals surface area contributed by atoms with Gasteiger partial charge in [0.1, 0.15) is 0 Å². The predicted molar refractivity (Wildman–Crippen MR) is 70.8 cm³/mol. The molecule has 1 aromatic carbocycles. The highest BCUT2D eigenvalue weighted by Gasteiger charge is 2.35. The van der Waals surface area contributed by atoms with Gasteiger partial charge in [-0.15, -0.1) is 0 Å². The third kappa shape index (κ3) is 2.51. The molecule has 4 heteroatoms. The van der Waals surface area contributed by atoms with Crippen LogP contribution in [-0.4, -0.2) is 32.3 Å². The van der Waals surface area contributed by atoms with Gasteiger partial charge in [-0.2, -0.15) is 0 Å². The minimum atomic E-state index is -0.463. The van der Waals surface area contributed by atoms with E-state index in [1.165, 1.54) is 5.56 Å². The Morgan fingerprint density at radius 2 is 2.21 bits per heavy atom. The minimum absolute atomic E-state index is 0.0414. The highest BCUT2D eigenvalue weighted by molar-refractivity contribution is 5.82. The topological polar surface area (TPSA) is 47.6 Å². The highest BCUT2D eigenvalue weighted by atomic mass is 16.5. The van der Waals surface area contributed by atoms with Gasteiger partial charge in [0, 0.05) is 12.0 Å². The number of hydrogen-bond acceptors (Lipinski definition) is 3. The van der Waals surface area contributed by atoms with E-state index in [1.807, 2.05) is 18.2 Å². The van der Waals surface area contributed by atoms with Gasteiger partial charge in [0.25, 0.3) is 5.91 Å². The van der Waals surface area contributed by atoms with Gasteiger partial charge in [-0.3, -0.25) is 4.79 Å². The van der Waals surface area contributed by atoms with Crippen molar-refractivity contribution in [3.05, 3.63) is 35.4 Å². The van der Waals surface area contributed by atoms with Crippen LogP contribution in [0.3, 0.4) is 0 Å². The van der Waals surface area contributed by atoms with Gasteiger partial charge in [-0.25, -0.2) is 0 Å². The van der Waals surface area contributed by atoms with Gasteiger partial charge < -0.3 is 14.8 Å². The monoisotopic (exact) mass is 261 g/mol. The van der Waals surface area contributed by atoms with E-state index in [0.717, 1.165) is 25.2 Å². The summed E-state index contributed by atoms with van der Waals surface area (Å²) >= 11 is 0. The molecule has 1 aromatic rings. The van der Waals surface area contributed by atoms with Crippen LogP contribution < -0.4 is 5.32 Å². The van der Waals surface area contributed by atoms with Gasteiger partial charge in [-0.1, -0.05) is 31.2 Å². The summed E-state index contributed by atoms with van der Waals surface area (Å²) in [5.41, 5.74) is 2.30. The van der Waals surface area contributed by atoms with Crippen molar-refractivity contribution in [3.63, 3.8) is 0 Å². The van der Waals surface area contributed by atoms with E-state index in [0.29, 0.717) is 13.2 Å². The Kier molecular flexibility index (Phi) is 3.29. The largest absolute Gasteiger partial charge is 0.380 e. The number of fused-ring (bicyclic) bond motifs is 1. The van der Waals surface area contributed by atoms with Gasteiger partial charge in [-0.05, 0) is 17.5 Å². The Hall–Kier alpha value is -1.39. The lowest BCUT2D eigenvalue weighted by atomic mass is 9.88. The zero-order chi connectivity index (χ0) is 13.3. The van der Waals surface area contributed by atoms with Crippen LogP contribution in [0.15, 0.2) is 24.3 Å². The van der Waals surface area contributed by atoms with Crippen LogP contribution in [0.25, 0.3) is 0 Å². The molecule has 1 unspecified atom stereocenters. The summed E-state index contributed by atoms with van der Waals surface area (Å²) in [6.07, 6.45) is 0.417. The molecular formula is C15H19NO3. The molecule has 102 valence electrons. The lowest BCUT2D eigenvalue weighted by Gasteiger charge is -2.38. The Morgan fingerprint density at radius 1 is 1.42 bits per heavy atom. The SMILES string of the molecule is CC1(CNC(=O)C2OCCc3ccccc32)COC1. The Bertz CT molecular complexity index is 482. The molecule has 2 aliphatic heterocycles. The fraction of sp³-hybridized carbons (Fsp3) is 0.533. The number of nitrogens with one attached hydrogen (secondary N) is 1. The Labute approximate surface area is 113 Å². The molecule has 1 fully saturated rings. The maximum absolute atomic E-state index is 12.3. The van der Waals surface area contributed by atoms with Crippen LogP contribution in [0.5, 0.6) is 0 Å².